The van der Waals surface area contributed by atoms with Crippen LogP contribution in [0.2, 0.25) is 0 Å². The molecule has 0 saturated carbocycles. The second-order valence-electron chi connectivity index (χ2n) is 6.23. The van der Waals surface area contributed by atoms with Crippen molar-refractivity contribution in [2.24, 2.45) is 0 Å². The van der Waals surface area contributed by atoms with Gasteiger partial charge in [-0.2, -0.15) is 4.98 Å². The molecule has 0 radical (unpaired) electrons. The number of thioether (sulfide) groups is 1. The van der Waals surface area contributed by atoms with Crippen molar-refractivity contribution in [3.05, 3.63) is 65.5 Å². The minimum Gasteiger partial charge on any atom is -0.355 e. The van der Waals surface area contributed by atoms with Crippen LogP contribution >= 0.6 is 11.8 Å². The van der Waals surface area contributed by atoms with Crippen LogP contribution in [0.3, 0.4) is 0 Å². The number of fused-ring (bicyclic) bond motifs is 1. The molecule has 0 atom stereocenters. The van der Waals surface area contributed by atoms with Gasteiger partial charge < -0.3 is 5.32 Å². The lowest BCUT2D eigenvalue weighted by Crippen LogP contribution is -2.27. The highest BCUT2D eigenvalue weighted by Crippen LogP contribution is 2.18. The Morgan fingerprint density at radius 3 is 2.78 bits per heavy atom. The van der Waals surface area contributed by atoms with E-state index in [4.69, 9.17) is 0 Å². The average molecular weight is 382 g/mol. The van der Waals surface area contributed by atoms with E-state index in [1.165, 1.54) is 17.3 Å². The normalized spacial score (nSPS) is 10.9. The molecule has 0 aliphatic rings. The largest absolute Gasteiger partial charge is 0.355 e. The lowest BCUT2D eigenvalue weighted by atomic mass is 10.1. The molecule has 27 heavy (non-hydrogen) atoms. The van der Waals surface area contributed by atoms with Gasteiger partial charge in [0.25, 0.3) is 5.78 Å². The van der Waals surface area contributed by atoms with Gasteiger partial charge in [-0.05, 0) is 37.8 Å². The van der Waals surface area contributed by atoms with Crippen LogP contribution in [0.1, 0.15) is 22.5 Å². The van der Waals surface area contributed by atoms with Gasteiger partial charge in [-0.1, -0.05) is 48.2 Å². The zero-order chi connectivity index (χ0) is 19.2. The van der Waals surface area contributed by atoms with E-state index in [2.05, 4.69) is 39.1 Å². The van der Waals surface area contributed by atoms with E-state index in [1.54, 1.807) is 4.52 Å². The molecule has 1 aromatic carbocycles. The van der Waals surface area contributed by atoms with Gasteiger partial charge in [0.2, 0.25) is 11.1 Å². The predicted octanol–water partition coefficient (Wildman–Crippen LogP) is 2.92. The predicted molar refractivity (Wildman–Crippen MR) is 108 cm³/mol. The molecule has 3 aromatic rings. The SMILES string of the molecule is C=CCc1c(C)nc2nc(SCC(=O)NCCc3ccccc3)nn2c1C. The van der Waals surface area contributed by atoms with Gasteiger partial charge in [-0.25, -0.2) is 9.50 Å². The molecule has 1 N–H and O–H groups in total. The molecule has 0 bridgehead atoms. The fraction of sp³-hybridized carbons (Fsp3) is 0.300. The third kappa shape index (κ3) is 4.74. The monoisotopic (exact) mass is 381 g/mol. The molecule has 7 heteroatoms. The fourth-order valence-corrected chi connectivity index (χ4v) is 3.51. The Balaban J connectivity index is 1.57. The average Bonchev–Trinajstić information content (AvgIpc) is 3.07. The number of hydrogen-bond donors (Lipinski definition) is 1. The van der Waals surface area contributed by atoms with Crippen LogP contribution in [0, 0.1) is 13.8 Å². The molecule has 6 nitrogen and oxygen atoms in total. The molecule has 0 aliphatic carbocycles. The smallest absolute Gasteiger partial charge is 0.253 e. The topological polar surface area (TPSA) is 72.2 Å². The first-order valence-electron chi connectivity index (χ1n) is 8.85. The number of rotatable bonds is 8. The van der Waals surface area contributed by atoms with Crippen LogP contribution in [-0.2, 0) is 17.6 Å². The Hall–Kier alpha value is -2.67. The number of nitrogens with one attached hydrogen (secondary N) is 1. The van der Waals surface area contributed by atoms with E-state index in [9.17, 15) is 4.79 Å². The molecule has 2 heterocycles. The quantitative estimate of drug-likeness (QED) is 0.480. The second kappa shape index (κ2) is 8.81. The summed E-state index contributed by atoms with van der Waals surface area (Å²) in [5.41, 5.74) is 4.25. The summed E-state index contributed by atoms with van der Waals surface area (Å²) in [6.07, 6.45) is 3.42. The Bertz CT molecular complexity index is 952. The van der Waals surface area contributed by atoms with Gasteiger partial charge in [0, 0.05) is 17.9 Å². The molecular weight excluding hydrogens is 358 g/mol. The van der Waals surface area contributed by atoms with E-state index in [0.717, 1.165) is 29.8 Å². The maximum Gasteiger partial charge on any atom is 0.253 e. The molecule has 0 unspecified atom stereocenters. The second-order valence-corrected chi connectivity index (χ2v) is 7.18. The summed E-state index contributed by atoms with van der Waals surface area (Å²) in [5.74, 6) is 0.816. The van der Waals surface area contributed by atoms with Gasteiger partial charge >= 0.3 is 0 Å². The Labute approximate surface area is 163 Å². The summed E-state index contributed by atoms with van der Waals surface area (Å²) in [6, 6.07) is 10.1. The summed E-state index contributed by atoms with van der Waals surface area (Å²) in [5, 5.41) is 7.98. The van der Waals surface area contributed by atoms with E-state index in [-0.39, 0.29) is 11.7 Å². The van der Waals surface area contributed by atoms with E-state index in [1.807, 2.05) is 38.1 Å². The molecule has 140 valence electrons. The number of aryl methyl sites for hydroxylation is 2. The summed E-state index contributed by atoms with van der Waals surface area (Å²) < 4.78 is 1.74. The molecule has 0 fully saturated rings. The van der Waals surface area contributed by atoms with Crippen molar-refractivity contribution >= 4 is 23.4 Å². The number of nitrogens with zero attached hydrogens (tertiary/aromatic N) is 4. The highest BCUT2D eigenvalue weighted by Gasteiger charge is 2.13. The third-order valence-corrected chi connectivity index (χ3v) is 5.13. The first-order chi connectivity index (χ1) is 13.1. The Morgan fingerprint density at radius 2 is 2.04 bits per heavy atom. The van der Waals surface area contributed by atoms with Crippen LogP contribution in [0.15, 0.2) is 48.1 Å². The summed E-state index contributed by atoms with van der Waals surface area (Å²) in [6.45, 7) is 8.38. The molecule has 0 saturated heterocycles. The van der Waals surface area contributed by atoms with Gasteiger partial charge in [0.1, 0.15) is 0 Å². The van der Waals surface area contributed by atoms with Crippen LogP contribution < -0.4 is 5.32 Å². The van der Waals surface area contributed by atoms with Crippen molar-refractivity contribution in [1.29, 1.82) is 0 Å². The standard InChI is InChI=1S/C20H23N5OS/c1-4-8-17-14(2)22-19-23-20(24-25(19)15(17)3)27-13-18(26)21-12-11-16-9-6-5-7-10-16/h4-7,9-10H,1,8,11-13H2,2-3H3,(H,21,26). The first-order valence-corrected chi connectivity index (χ1v) is 9.84. The lowest BCUT2D eigenvalue weighted by Gasteiger charge is -2.07. The van der Waals surface area contributed by atoms with Crippen LogP contribution in [0.5, 0.6) is 0 Å². The van der Waals surface area contributed by atoms with E-state index < -0.39 is 0 Å². The van der Waals surface area contributed by atoms with Crippen molar-refractivity contribution in [2.75, 3.05) is 12.3 Å². The van der Waals surface area contributed by atoms with E-state index in [0.29, 0.717) is 17.5 Å². The number of aromatic nitrogens is 4. The third-order valence-electron chi connectivity index (χ3n) is 4.29. The minimum atomic E-state index is -0.0250. The maximum atomic E-state index is 12.1. The van der Waals surface area contributed by atoms with Gasteiger partial charge in [0.15, 0.2) is 0 Å². The van der Waals surface area contributed by atoms with Gasteiger partial charge in [-0.3, -0.25) is 4.79 Å². The highest BCUT2D eigenvalue weighted by atomic mass is 32.2. The number of amides is 1. The number of hydrogen-bond acceptors (Lipinski definition) is 5. The molecule has 3 rings (SSSR count). The zero-order valence-corrected chi connectivity index (χ0v) is 16.4. The van der Waals surface area contributed by atoms with Crippen molar-refractivity contribution in [3.63, 3.8) is 0 Å². The van der Waals surface area contributed by atoms with Crippen LogP contribution in [-0.4, -0.2) is 37.8 Å². The number of allylic oxidation sites excluding steroid dienone is 1. The molecule has 0 aliphatic heterocycles. The molecular formula is C20H23N5OS. The van der Waals surface area contributed by atoms with Gasteiger partial charge in [0.05, 0.1) is 5.75 Å². The van der Waals surface area contributed by atoms with Crippen molar-refractivity contribution in [2.45, 2.75) is 31.8 Å². The highest BCUT2D eigenvalue weighted by molar-refractivity contribution is 7.99. The van der Waals surface area contributed by atoms with Crippen LogP contribution in [0.25, 0.3) is 5.78 Å². The lowest BCUT2D eigenvalue weighted by molar-refractivity contribution is -0.118. The number of carbonyl (C=O) groups is 1. The number of benzene rings is 1. The van der Waals surface area contributed by atoms with Crippen LogP contribution in [0.4, 0.5) is 0 Å². The molecule has 0 spiro atoms. The van der Waals surface area contributed by atoms with Crippen molar-refractivity contribution in [3.8, 4) is 0 Å². The maximum absolute atomic E-state index is 12.1. The minimum absolute atomic E-state index is 0.0250. The zero-order valence-electron chi connectivity index (χ0n) is 15.6. The van der Waals surface area contributed by atoms with Crippen molar-refractivity contribution in [1.82, 2.24) is 24.9 Å². The van der Waals surface area contributed by atoms with Gasteiger partial charge in [-0.15, -0.1) is 11.7 Å². The summed E-state index contributed by atoms with van der Waals surface area (Å²) >= 11 is 1.32. The number of carbonyl (C=O) groups excluding carboxylic acids is 1. The Kier molecular flexibility index (Phi) is 6.24. The van der Waals surface area contributed by atoms with E-state index >= 15 is 0 Å². The molecule has 2 aromatic heterocycles. The van der Waals surface area contributed by atoms with Crippen molar-refractivity contribution < 1.29 is 4.79 Å². The summed E-state index contributed by atoms with van der Waals surface area (Å²) in [4.78, 5) is 21.0. The molecule has 1 amide bonds. The summed E-state index contributed by atoms with van der Waals surface area (Å²) in [7, 11) is 0. The Morgan fingerprint density at radius 1 is 1.26 bits per heavy atom. The fourth-order valence-electron chi connectivity index (χ4n) is 2.86. The first kappa shape index (κ1) is 19.1.